The molecule has 3 aliphatic heterocycles. The molecule has 2 saturated heterocycles. The van der Waals surface area contributed by atoms with E-state index in [9.17, 15) is 24.9 Å². The third-order valence-electron chi connectivity index (χ3n) is 6.97. The molecular weight excluding hydrogens is 456 g/mol. The van der Waals surface area contributed by atoms with Crippen LogP contribution in [-0.4, -0.2) is 66.8 Å². The first-order valence-corrected chi connectivity index (χ1v) is 11.6. The van der Waals surface area contributed by atoms with Crippen molar-refractivity contribution in [2.75, 3.05) is 6.54 Å². The molecule has 2 fully saturated rings. The summed E-state index contributed by atoms with van der Waals surface area (Å²) in [7, 11) is 3.91. The zero-order valence-corrected chi connectivity index (χ0v) is 20.2. The van der Waals surface area contributed by atoms with Gasteiger partial charge in [0.2, 0.25) is 12.1 Å². The van der Waals surface area contributed by atoms with Crippen LogP contribution in [0.15, 0.2) is 16.8 Å². The highest BCUT2D eigenvalue weighted by atomic mass is 35.5. The number of aryl methyl sites for hydroxylation is 1. The summed E-state index contributed by atoms with van der Waals surface area (Å²) in [5.41, 5.74) is 2.09. The van der Waals surface area contributed by atoms with E-state index < -0.39 is 18.0 Å². The molecule has 9 nitrogen and oxygen atoms in total. The minimum absolute atomic E-state index is 0. The second-order valence-electron chi connectivity index (χ2n) is 8.91. The summed E-state index contributed by atoms with van der Waals surface area (Å²) < 4.78 is 3.98. The number of carbonyl (C=O) groups is 2. The average Bonchev–Trinajstić information content (AvgIpc) is 3.33. The van der Waals surface area contributed by atoms with Gasteiger partial charge < -0.3 is 37.9 Å². The highest BCUT2D eigenvalue weighted by molar-refractivity contribution is 8.03. The molecule has 0 aromatic carbocycles. The Hall–Kier alpha value is -1.59. The second-order valence-corrected chi connectivity index (χ2v) is 10.3. The molecule has 178 valence electrons. The normalized spacial score (nSPS) is 30.2. The lowest BCUT2D eigenvalue weighted by molar-refractivity contribution is -0.751. The highest BCUT2D eigenvalue weighted by Crippen LogP contribution is 2.51. The molecule has 0 saturated carbocycles. The van der Waals surface area contributed by atoms with Gasteiger partial charge in [0.1, 0.15) is 5.70 Å². The zero-order chi connectivity index (χ0) is 22.6. The Labute approximate surface area is 197 Å². The summed E-state index contributed by atoms with van der Waals surface area (Å²) in [6.45, 7) is 4.29. The van der Waals surface area contributed by atoms with E-state index in [-0.39, 0.29) is 53.9 Å². The molecule has 0 bridgehead atoms. The van der Waals surface area contributed by atoms with Crippen molar-refractivity contribution in [2.45, 2.75) is 56.7 Å². The highest BCUT2D eigenvalue weighted by Gasteiger charge is 2.60. The number of nitrogens with zero attached hydrogens (tertiary/aromatic N) is 3. The number of nitrogens with one attached hydrogen (secondary N) is 1. The number of aromatic nitrogens is 2. The van der Waals surface area contributed by atoms with Gasteiger partial charge in [-0.05, 0) is 13.3 Å². The standard InChI is InChI=1S/C21H30N4O5S.ClH/c1-10-17-16(11(2)27)20(28)25(17)18(21(29)30)19(10)31-14-5-13(22-7-14)6-15-12(9-26)8-23(3)24(15)4;/h8,10-11,13-14,16-17,22,26-27H,5-7,9H2,1-4H3;1H/t10-,11-,13+,14+,16-,17-;/m1./s1. The van der Waals surface area contributed by atoms with Crippen LogP contribution in [-0.2, 0) is 36.7 Å². The lowest BCUT2D eigenvalue weighted by Crippen LogP contribution is -3.00. The van der Waals surface area contributed by atoms with Crippen molar-refractivity contribution in [3.63, 3.8) is 0 Å². The largest absolute Gasteiger partial charge is 1.00 e. The van der Waals surface area contributed by atoms with Crippen LogP contribution in [0.1, 0.15) is 31.5 Å². The van der Waals surface area contributed by atoms with Crippen molar-refractivity contribution in [1.82, 2.24) is 14.9 Å². The van der Waals surface area contributed by atoms with Gasteiger partial charge in [-0.1, -0.05) is 6.92 Å². The molecule has 4 rings (SSSR count). The Morgan fingerprint density at radius 2 is 2.12 bits per heavy atom. The molecule has 6 atom stereocenters. The van der Waals surface area contributed by atoms with E-state index in [2.05, 4.69) is 5.32 Å². The van der Waals surface area contributed by atoms with E-state index in [0.29, 0.717) is 0 Å². The number of aliphatic hydroxyl groups is 2. The molecule has 4 heterocycles. The van der Waals surface area contributed by atoms with Gasteiger partial charge in [-0.2, -0.15) is 4.68 Å². The Kier molecular flexibility index (Phi) is 7.31. The van der Waals surface area contributed by atoms with E-state index in [0.717, 1.165) is 35.5 Å². The molecule has 4 N–H and O–H groups in total. The summed E-state index contributed by atoms with van der Waals surface area (Å²) in [4.78, 5) is 26.6. The first-order chi connectivity index (χ1) is 14.6. The maximum Gasteiger partial charge on any atom is 0.353 e. The fourth-order valence-corrected chi connectivity index (χ4v) is 6.82. The number of rotatable bonds is 7. The number of amides is 1. The summed E-state index contributed by atoms with van der Waals surface area (Å²) in [6, 6.07) is -0.0485. The molecule has 32 heavy (non-hydrogen) atoms. The van der Waals surface area contributed by atoms with E-state index in [1.807, 2.05) is 36.6 Å². The number of carboxylic acids is 1. The van der Waals surface area contributed by atoms with Gasteiger partial charge >= 0.3 is 5.97 Å². The van der Waals surface area contributed by atoms with Gasteiger partial charge in [0.25, 0.3) is 0 Å². The molecular formula is C21H31ClN4O5S. The first-order valence-electron chi connectivity index (χ1n) is 10.7. The van der Waals surface area contributed by atoms with Gasteiger partial charge in [-0.3, -0.25) is 4.79 Å². The number of hydrogen-bond acceptors (Lipinski definition) is 6. The van der Waals surface area contributed by atoms with E-state index in [4.69, 9.17) is 0 Å². The molecule has 0 aliphatic carbocycles. The van der Waals surface area contributed by atoms with Gasteiger partial charge in [-0.15, -0.1) is 16.4 Å². The number of aliphatic carboxylic acids is 1. The number of carboxylic acid groups (broad SMARTS) is 1. The van der Waals surface area contributed by atoms with Crippen molar-refractivity contribution in [2.24, 2.45) is 25.9 Å². The number of β-lactam (4-membered cyclic amide) rings is 1. The Balaban J connectivity index is 0.00000289. The van der Waals surface area contributed by atoms with Crippen molar-refractivity contribution in [3.05, 3.63) is 28.1 Å². The van der Waals surface area contributed by atoms with Crippen LogP contribution in [0, 0.1) is 11.8 Å². The molecule has 1 aromatic rings. The van der Waals surface area contributed by atoms with Crippen molar-refractivity contribution in [1.29, 1.82) is 0 Å². The molecule has 1 amide bonds. The number of aliphatic hydroxyl groups excluding tert-OH is 2. The van der Waals surface area contributed by atoms with Crippen LogP contribution in [0.3, 0.4) is 0 Å². The Morgan fingerprint density at radius 1 is 1.44 bits per heavy atom. The van der Waals surface area contributed by atoms with Crippen LogP contribution in [0.2, 0.25) is 0 Å². The van der Waals surface area contributed by atoms with Gasteiger partial charge in [0.15, 0.2) is 7.05 Å². The fourth-order valence-electron chi connectivity index (χ4n) is 5.30. The maximum absolute atomic E-state index is 12.5. The van der Waals surface area contributed by atoms with Crippen molar-refractivity contribution < 1.29 is 42.0 Å². The Bertz CT molecular complexity index is 949. The van der Waals surface area contributed by atoms with Crippen LogP contribution < -0.4 is 22.4 Å². The summed E-state index contributed by atoms with van der Waals surface area (Å²) in [5.74, 6) is -2.02. The summed E-state index contributed by atoms with van der Waals surface area (Å²) in [5, 5.41) is 33.2. The van der Waals surface area contributed by atoms with Crippen LogP contribution in [0.4, 0.5) is 0 Å². The third-order valence-corrected chi connectivity index (χ3v) is 8.49. The van der Waals surface area contributed by atoms with Crippen molar-refractivity contribution >= 4 is 23.6 Å². The first kappa shape index (κ1) is 25.0. The lowest BCUT2D eigenvalue weighted by Gasteiger charge is -2.46. The second kappa shape index (κ2) is 9.34. The number of fused-ring (bicyclic) bond motifs is 1. The number of carbonyl (C=O) groups excluding carboxylic acids is 1. The minimum atomic E-state index is -1.08. The van der Waals surface area contributed by atoms with Gasteiger partial charge in [-0.25, -0.2) is 4.79 Å². The van der Waals surface area contributed by atoms with E-state index >= 15 is 0 Å². The SMILES string of the molecule is C[C@@H](O)[C@H]1C(=O)N2C(C(=O)O)=C(S[C@@H]3CN[C@H](Cc4c(CO)c[n+](C)n4C)C3)[C@H](C)[C@H]12.[Cl-]. The number of hydrogen-bond donors (Lipinski definition) is 4. The Morgan fingerprint density at radius 3 is 2.72 bits per heavy atom. The van der Waals surface area contributed by atoms with Gasteiger partial charge in [0.05, 0.1) is 43.0 Å². The molecule has 0 radical (unpaired) electrons. The van der Waals surface area contributed by atoms with Crippen LogP contribution in [0.5, 0.6) is 0 Å². The summed E-state index contributed by atoms with van der Waals surface area (Å²) in [6.07, 6.45) is 2.79. The van der Waals surface area contributed by atoms with Crippen molar-refractivity contribution in [3.8, 4) is 0 Å². The molecule has 11 heteroatoms. The third kappa shape index (κ3) is 3.96. The van der Waals surface area contributed by atoms with Crippen LogP contribution in [0.25, 0.3) is 0 Å². The number of thioether (sulfide) groups is 1. The smallest absolute Gasteiger partial charge is 0.353 e. The predicted octanol–water partition coefficient (Wildman–Crippen LogP) is -3.49. The van der Waals surface area contributed by atoms with E-state index in [1.165, 1.54) is 4.90 Å². The minimum Gasteiger partial charge on any atom is -1.00 e. The van der Waals surface area contributed by atoms with Gasteiger partial charge in [0, 0.05) is 35.1 Å². The van der Waals surface area contributed by atoms with Crippen LogP contribution >= 0.6 is 11.8 Å². The zero-order valence-electron chi connectivity index (χ0n) is 18.7. The predicted molar refractivity (Wildman–Crippen MR) is 114 cm³/mol. The quantitative estimate of drug-likeness (QED) is 0.233. The maximum atomic E-state index is 12.5. The summed E-state index contributed by atoms with van der Waals surface area (Å²) >= 11 is 1.56. The fraction of sp³-hybridized carbons (Fsp3) is 0.667. The molecule has 1 aromatic heterocycles. The number of halogens is 1. The monoisotopic (exact) mass is 486 g/mol. The lowest BCUT2D eigenvalue weighted by atomic mass is 9.79. The molecule has 0 unspecified atom stereocenters. The van der Waals surface area contributed by atoms with E-state index in [1.54, 1.807) is 18.7 Å². The average molecular weight is 487 g/mol. The topological polar surface area (TPSA) is 119 Å². The molecule has 3 aliphatic rings. The molecule has 0 spiro atoms.